The van der Waals surface area contributed by atoms with Crippen molar-refractivity contribution in [3.05, 3.63) is 58.0 Å². The molecule has 2 aromatic rings. The summed E-state index contributed by atoms with van der Waals surface area (Å²) in [7, 11) is 0. The standard InChI is InChI=1S/C22H25NO5S/c1-5-27-21(25)17-13-29-20(19(17)22(26)28-6-2)23-18(24)12-9-15-7-10-16(11-8-15)14(3)4/h7-14H,5-6H2,1-4H3,(H,23,24)/b12-9+. The van der Waals surface area contributed by atoms with Gasteiger partial charge in [-0.3, -0.25) is 4.79 Å². The fourth-order valence-corrected chi connectivity index (χ4v) is 3.45. The minimum absolute atomic E-state index is 0.0123. The van der Waals surface area contributed by atoms with Crippen LogP contribution >= 0.6 is 11.3 Å². The maximum Gasteiger partial charge on any atom is 0.342 e. The van der Waals surface area contributed by atoms with E-state index in [4.69, 9.17) is 9.47 Å². The number of ether oxygens (including phenoxy) is 2. The summed E-state index contributed by atoms with van der Waals surface area (Å²) in [4.78, 5) is 36.8. The van der Waals surface area contributed by atoms with Crippen molar-refractivity contribution in [1.82, 2.24) is 0 Å². The van der Waals surface area contributed by atoms with Crippen LogP contribution in [-0.4, -0.2) is 31.1 Å². The number of hydrogen-bond donors (Lipinski definition) is 1. The van der Waals surface area contributed by atoms with Crippen LogP contribution in [0.3, 0.4) is 0 Å². The molecule has 2 rings (SSSR count). The van der Waals surface area contributed by atoms with Crippen LogP contribution in [0.5, 0.6) is 0 Å². The van der Waals surface area contributed by atoms with E-state index >= 15 is 0 Å². The second-order valence-electron chi connectivity index (χ2n) is 6.44. The van der Waals surface area contributed by atoms with Crippen molar-refractivity contribution in [2.75, 3.05) is 18.5 Å². The van der Waals surface area contributed by atoms with E-state index in [1.807, 2.05) is 24.3 Å². The zero-order chi connectivity index (χ0) is 21.4. The summed E-state index contributed by atoms with van der Waals surface area (Å²) in [6.07, 6.45) is 3.06. The molecule has 1 heterocycles. The molecule has 7 heteroatoms. The summed E-state index contributed by atoms with van der Waals surface area (Å²) in [5.74, 6) is -1.29. The second-order valence-corrected chi connectivity index (χ2v) is 7.32. The van der Waals surface area contributed by atoms with Gasteiger partial charge in [0.1, 0.15) is 10.6 Å². The molecule has 6 nitrogen and oxygen atoms in total. The number of nitrogens with one attached hydrogen (secondary N) is 1. The highest BCUT2D eigenvalue weighted by atomic mass is 32.1. The van der Waals surface area contributed by atoms with Gasteiger partial charge >= 0.3 is 11.9 Å². The molecular weight excluding hydrogens is 390 g/mol. The average molecular weight is 416 g/mol. The van der Waals surface area contributed by atoms with Gasteiger partial charge in [0.25, 0.3) is 0 Å². The monoisotopic (exact) mass is 415 g/mol. The van der Waals surface area contributed by atoms with Crippen LogP contribution in [0.2, 0.25) is 0 Å². The molecule has 0 unspecified atom stereocenters. The molecule has 0 atom stereocenters. The third-order valence-electron chi connectivity index (χ3n) is 4.03. The van der Waals surface area contributed by atoms with Crippen LogP contribution in [-0.2, 0) is 14.3 Å². The molecule has 0 aliphatic rings. The normalized spacial score (nSPS) is 10.9. The Morgan fingerprint density at radius 3 is 2.24 bits per heavy atom. The molecule has 0 spiro atoms. The maximum atomic E-state index is 12.3. The lowest BCUT2D eigenvalue weighted by Crippen LogP contribution is -2.15. The van der Waals surface area contributed by atoms with Gasteiger partial charge in [-0.2, -0.15) is 0 Å². The number of hydrogen-bond acceptors (Lipinski definition) is 6. The van der Waals surface area contributed by atoms with Crippen molar-refractivity contribution in [2.45, 2.75) is 33.6 Å². The van der Waals surface area contributed by atoms with Crippen molar-refractivity contribution in [1.29, 1.82) is 0 Å². The van der Waals surface area contributed by atoms with Crippen molar-refractivity contribution < 1.29 is 23.9 Å². The van der Waals surface area contributed by atoms with Gasteiger partial charge < -0.3 is 14.8 Å². The summed E-state index contributed by atoms with van der Waals surface area (Å²) >= 11 is 1.07. The average Bonchev–Trinajstić information content (AvgIpc) is 3.10. The first-order valence-electron chi connectivity index (χ1n) is 9.42. The third-order valence-corrected chi connectivity index (χ3v) is 4.93. The van der Waals surface area contributed by atoms with Gasteiger partial charge in [-0.15, -0.1) is 11.3 Å². The van der Waals surface area contributed by atoms with Crippen LogP contribution in [0.4, 0.5) is 5.00 Å². The minimum Gasteiger partial charge on any atom is -0.462 e. The van der Waals surface area contributed by atoms with Gasteiger partial charge in [0.05, 0.1) is 18.8 Å². The van der Waals surface area contributed by atoms with Crippen LogP contribution in [0, 0.1) is 0 Å². The minimum atomic E-state index is -0.680. The zero-order valence-electron chi connectivity index (χ0n) is 17.0. The predicted octanol–water partition coefficient (Wildman–Crippen LogP) is 4.88. The fourth-order valence-electron chi connectivity index (χ4n) is 2.53. The summed E-state index contributed by atoms with van der Waals surface area (Å²) in [5, 5.41) is 4.38. The van der Waals surface area contributed by atoms with Crippen molar-refractivity contribution in [3.8, 4) is 0 Å². The Bertz CT molecular complexity index is 896. The molecule has 0 bridgehead atoms. The van der Waals surface area contributed by atoms with E-state index in [0.717, 1.165) is 16.9 Å². The van der Waals surface area contributed by atoms with Crippen molar-refractivity contribution >= 4 is 40.3 Å². The molecule has 1 aromatic carbocycles. The van der Waals surface area contributed by atoms with Gasteiger partial charge in [0.15, 0.2) is 0 Å². The lowest BCUT2D eigenvalue weighted by molar-refractivity contribution is -0.111. The highest BCUT2D eigenvalue weighted by Crippen LogP contribution is 2.30. The maximum absolute atomic E-state index is 12.3. The number of thiophene rings is 1. The Balaban J connectivity index is 2.18. The second kappa shape index (κ2) is 10.6. The van der Waals surface area contributed by atoms with E-state index < -0.39 is 17.8 Å². The number of esters is 2. The van der Waals surface area contributed by atoms with Crippen LogP contribution in [0.15, 0.2) is 35.7 Å². The van der Waals surface area contributed by atoms with E-state index in [1.165, 1.54) is 17.0 Å². The predicted molar refractivity (Wildman–Crippen MR) is 114 cm³/mol. The van der Waals surface area contributed by atoms with Crippen LogP contribution < -0.4 is 5.32 Å². The van der Waals surface area contributed by atoms with E-state index in [2.05, 4.69) is 19.2 Å². The zero-order valence-corrected chi connectivity index (χ0v) is 17.8. The summed E-state index contributed by atoms with van der Waals surface area (Å²) in [6, 6.07) is 7.91. The summed E-state index contributed by atoms with van der Waals surface area (Å²) in [5.41, 5.74) is 2.20. The van der Waals surface area contributed by atoms with E-state index in [1.54, 1.807) is 19.9 Å². The number of rotatable bonds is 8. The highest BCUT2D eigenvalue weighted by molar-refractivity contribution is 7.15. The van der Waals surface area contributed by atoms with Crippen molar-refractivity contribution in [3.63, 3.8) is 0 Å². The Kier molecular flexibility index (Phi) is 8.15. The van der Waals surface area contributed by atoms with Gasteiger partial charge in [-0.05, 0) is 37.0 Å². The molecule has 1 N–H and O–H groups in total. The summed E-state index contributed by atoms with van der Waals surface area (Å²) in [6.45, 7) is 7.90. The van der Waals surface area contributed by atoms with Crippen LogP contribution in [0.1, 0.15) is 65.5 Å². The largest absolute Gasteiger partial charge is 0.462 e. The molecule has 0 aliphatic carbocycles. The first-order chi connectivity index (χ1) is 13.9. The van der Waals surface area contributed by atoms with E-state index in [9.17, 15) is 14.4 Å². The molecule has 1 amide bonds. The Morgan fingerprint density at radius 2 is 1.66 bits per heavy atom. The highest BCUT2D eigenvalue weighted by Gasteiger charge is 2.26. The lowest BCUT2D eigenvalue weighted by atomic mass is 10.0. The Labute approximate surface area is 174 Å². The first-order valence-corrected chi connectivity index (χ1v) is 10.3. The van der Waals surface area contributed by atoms with Gasteiger partial charge in [-0.25, -0.2) is 9.59 Å². The van der Waals surface area contributed by atoms with Gasteiger partial charge in [0, 0.05) is 11.5 Å². The molecule has 0 fully saturated rings. The van der Waals surface area contributed by atoms with E-state index in [-0.39, 0.29) is 29.3 Å². The van der Waals surface area contributed by atoms with Crippen LogP contribution in [0.25, 0.3) is 6.08 Å². The van der Waals surface area contributed by atoms with E-state index in [0.29, 0.717) is 5.92 Å². The number of anilines is 1. The fraction of sp³-hybridized carbons (Fsp3) is 0.318. The molecule has 154 valence electrons. The van der Waals surface area contributed by atoms with Gasteiger partial charge in [-0.1, -0.05) is 38.1 Å². The Morgan fingerprint density at radius 1 is 1.03 bits per heavy atom. The first kappa shape index (κ1) is 22.4. The summed E-state index contributed by atoms with van der Waals surface area (Å²) < 4.78 is 10.0. The molecule has 0 aliphatic heterocycles. The molecule has 29 heavy (non-hydrogen) atoms. The number of carbonyl (C=O) groups excluding carboxylic acids is 3. The third kappa shape index (κ3) is 6.02. The molecule has 0 saturated heterocycles. The molecule has 0 saturated carbocycles. The van der Waals surface area contributed by atoms with Crippen molar-refractivity contribution in [2.24, 2.45) is 0 Å². The van der Waals surface area contributed by atoms with Gasteiger partial charge in [0.2, 0.25) is 5.91 Å². The molecule has 1 aromatic heterocycles. The smallest absolute Gasteiger partial charge is 0.342 e. The molecule has 0 radical (unpaired) electrons. The topological polar surface area (TPSA) is 81.7 Å². The lowest BCUT2D eigenvalue weighted by Gasteiger charge is -2.07. The SMILES string of the molecule is CCOC(=O)c1csc(NC(=O)/C=C/c2ccc(C(C)C)cc2)c1C(=O)OCC. The Hall–Kier alpha value is -2.93. The number of carbonyl (C=O) groups is 3. The number of benzene rings is 1. The number of amides is 1. The molecular formula is C22H25NO5S. The quantitative estimate of drug-likeness (QED) is 0.491.